The largest absolute Gasteiger partial charge is 0.0654 e. The molecule has 0 heterocycles. The fraction of sp³-hybridized carbons (Fsp3) is 1.00. The molecule has 0 fully saturated rings. The fourth-order valence-corrected chi connectivity index (χ4v) is 3.80. The molecular weight excluding hydrogens is 372 g/mol. The van der Waals surface area contributed by atoms with Crippen LogP contribution in [-0.4, -0.2) is 0 Å². The van der Waals surface area contributed by atoms with Crippen molar-refractivity contribution in [3.05, 3.63) is 0 Å². The summed E-state index contributed by atoms with van der Waals surface area (Å²) in [5.41, 5.74) is 0. The monoisotopic (exact) mass is 441 g/mol. The first-order chi connectivity index (χ1) is 15.2. The van der Waals surface area contributed by atoms with Gasteiger partial charge in [-0.25, -0.2) is 0 Å². The van der Waals surface area contributed by atoms with Gasteiger partial charge in [-0.2, -0.15) is 0 Å². The van der Waals surface area contributed by atoms with E-state index in [0.29, 0.717) is 0 Å². The molecule has 0 aromatic rings. The summed E-state index contributed by atoms with van der Waals surface area (Å²) in [5, 5.41) is 0. The van der Waals surface area contributed by atoms with E-state index in [0.717, 1.165) is 0 Å². The molecule has 0 unspecified atom stereocenters. The summed E-state index contributed by atoms with van der Waals surface area (Å²) in [6.07, 6.45) is 35.9. The van der Waals surface area contributed by atoms with Gasteiger partial charge in [-0.3, -0.25) is 0 Å². The molecule has 0 bridgehead atoms. The molecule has 0 radical (unpaired) electrons. The zero-order chi connectivity index (χ0) is 23.7. The van der Waals surface area contributed by atoms with E-state index in [9.17, 15) is 0 Å². The molecule has 0 saturated heterocycles. The second-order valence-corrected chi connectivity index (χ2v) is 9.72. The van der Waals surface area contributed by atoms with Gasteiger partial charge in [-0.05, 0) is 0 Å². The number of hydrogen-bond acceptors (Lipinski definition) is 0. The maximum Gasteiger partial charge on any atom is -0.0533 e. The van der Waals surface area contributed by atoms with Crippen LogP contribution in [0.5, 0.6) is 0 Å². The van der Waals surface area contributed by atoms with Crippen LogP contribution < -0.4 is 0 Å². The molecule has 31 heavy (non-hydrogen) atoms. The first kappa shape index (κ1) is 35.6. The predicted molar refractivity (Wildman–Crippen MR) is 149 cm³/mol. The lowest BCUT2D eigenvalue weighted by atomic mass is 10.1. The average molecular weight is 441 g/mol. The van der Waals surface area contributed by atoms with Gasteiger partial charge < -0.3 is 0 Å². The average Bonchev–Trinajstić information content (AvgIpc) is 2.79. The van der Waals surface area contributed by atoms with Crippen molar-refractivity contribution >= 4 is 0 Å². The van der Waals surface area contributed by atoms with Gasteiger partial charge in [0.15, 0.2) is 0 Å². The van der Waals surface area contributed by atoms with E-state index < -0.39 is 0 Å². The number of unbranched alkanes of at least 4 members (excludes halogenated alkanes) is 22. The molecule has 0 saturated carbocycles. The van der Waals surface area contributed by atoms with Gasteiger partial charge in [0.2, 0.25) is 0 Å². The van der Waals surface area contributed by atoms with E-state index in [2.05, 4.69) is 41.5 Å². The first-order valence-corrected chi connectivity index (χ1v) is 15.2. The SMILES string of the molecule is CCCCCCCC.CCCCCCCCC.CCCCCCCCCCCCCC. The Kier molecular flexibility index (Phi) is 46.3. The van der Waals surface area contributed by atoms with Crippen LogP contribution in [-0.2, 0) is 0 Å². The molecular formula is C31H68. The minimum atomic E-state index is 1.36. The molecule has 0 aliphatic carbocycles. The van der Waals surface area contributed by atoms with Gasteiger partial charge in [0, 0.05) is 0 Å². The summed E-state index contributed by atoms with van der Waals surface area (Å²) in [6.45, 7) is 13.6. The molecule has 192 valence electrons. The Morgan fingerprint density at radius 3 is 0.355 bits per heavy atom. The standard InChI is InChI=1S/C14H30.C9H20.C8H18/c1-3-5-7-9-11-13-14-12-10-8-6-4-2;1-3-5-7-9-8-6-4-2;1-3-5-7-8-6-4-2/h3-14H2,1-2H3;3-9H2,1-2H3;3-8H2,1-2H3. The summed E-state index contributed by atoms with van der Waals surface area (Å²) >= 11 is 0. The third-order valence-corrected chi connectivity index (χ3v) is 6.12. The minimum absolute atomic E-state index is 1.36. The van der Waals surface area contributed by atoms with Crippen LogP contribution in [0.3, 0.4) is 0 Å². The minimum Gasteiger partial charge on any atom is -0.0654 e. The third-order valence-electron chi connectivity index (χ3n) is 6.12. The van der Waals surface area contributed by atoms with Crippen LogP contribution in [0, 0.1) is 0 Å². The molecule has 0 aliphatic rings. The Morgan fingerprint density at radius 2 is 0.258 bits per heavy atom. The lowest BCUT2D eigenvalue weighted by Crippen LogP contribution is -1.81. The molecule has 0 amide bonds. The molecule has 0 aromatic carbocycles. The summed E-state index contributed by atoms with van der Waals surface area (Å²) < 4.78 is 0. The van der Waals surface area contributed by atoms with Crippen molar-refractivity contribution in [1.82, 2.24) is 0 Å². The molecule has 0 N–H and O–H groups in total. The number of rotatable bonds is 22. The Balaban J connectivity index is -0.000000401. The zero-order valence-corrected chi connectivity index (χ0v) is 23.7. The van der Waals surface area contributed by atoms with Crippen molar-refractivity contribution in [3.63, 3.8) is 0 Å². The van der Waals surface area contributed by atoms with E-state index in [1.165, 1.54) is 161 Å². The van der Waals surface area contributed by atoms with Gasteiger partial charge in [0.25, 0.3) is 0 Å². The maximum absolute atomic E-state index is 2.29. The van der Waals surface area contributed by atoms with Crippen LogP contribution in [0.25, 0.3) is 0 Å². The topological polar surface area (TPSA) is 0 Å². The van der Waals surface area contributed by atoms with Crippen LogP contribution >= 0.6 is 0 Å². The second kappa shape index (κ2) is 40.4. The van der Waals surface area contributed by atoms with Crippen molar-refractivity contribution < 1.29 is 0 Å². The van der Waals surface area contributed by atoms with Gasteiger partial charge in [-0.1, -0.05) is 202 Å². The molecule has 0 atom stereocenters. The van der Waals surface area contributed by atoms with Crippen LogP contribution in [0.15, 0.2) is 0 Å². The normalized spacial score (nSPS) is 10.3. The smallest absolute Gasteiger partial charge is 0.0533 e. The highest BCUT2D eigenvalue weighted by Gasteiger charge is 1.91. The Bertz CT molecular complexity index is 208. The van der Waals surface area contributed by atoms with Crippen LogP contribution in [0.4, 0.5) is 0 Å². The summed E-state index contributed by atoms with van der Waals surface area (Å²) in [7, 11) is 0. The number of hydrogen-bond donors (Lipinski definition) is 0. The summed E-state index contributed by atoms with van der Waals surface area (Å²) in [5.74, 6) is 0. The molecule has 0 spiro atoms. The molecule has 0 aliphatic heterocycles. The Labute approximate surface area is 202 Å². The molecule has 0 heteroatoms. The molecule has 0 nitrogen and oxygen atoms in total. The van der Waals surface area contributed by atoms with Gasteiger partial charge in [0.05, 0.1) is 0 Å². The van der Waals surface area contributed by atoms with Crippen molar-refractivity contribution in [3.8, 4) is 0 Å². The highest BCUT2D eigenvalue weighted by Crippen LogP contribution is 2.11. The highest BCUT2D eigenvalue weighted by atomic mass is 14.0. The Hall–Kier alpha value is 0. The molecule has 0 aromatic heterocycles. The van der Waals surface area contributed by atoms with E-state index in [-0.39, 0.29) is 0 Å². The maximum atomic E-state index is 2.29. The van der Waals surface area contributed by atoms with E-state index in [1.54, 1.807) is 0 Å². The first-order valence-electron chi connectivity index (χ1n) is 15.2. The highest BCUT2D eigenvalue weighted by molar-refractivity contribution is 4.47. The summed E-state index contributed by atoms with van der Waals surface area (Å²) in [4.78, 5) is 0. The van der Waals surface area contributed by atoms with Crippen LogP contribution in [0.1, 0.15) is 202 Å². The van der Waals surface area contributed by atoms with E-state index in [1.807, 2.05) is 0 Å². The van der Waals surface area contributed by atoms with Crippen molar-refractivity contribution in [2.75, 3.05) is 0 Å². The second-order valence-electron chi connectivity index (χ2n) is 9.72. The fourth-order valence-electron chi connectivity index (χ4n) is 3.80. The van der Waals surface area contributed by atoms with Crippen LogP contribution in [0.2, 0.25) is 0 Å². The van der Waals surface area contributed by atoms with Gasteiger partial charge in [-0.15, -0.1) is 0 Å². The van der Waals surface area contributed by atoms with Crippen molar-refractivity contribution in [2.45, 2.75) is 202 Å². The van der Waals surface area contributed by atoms with E-state index >= 15 is 0 Å². The predicted octanol–water partition coefficient (Wildman–Crippen LogP) is 12.8. The lowest BCUT2D eigenvalue weighted by Gasteiger charge is -2.01. The zero-order valence-electron chi connectivity index (χ0n) is 23.7. The summed E-state index contributed by atoms with van der Waals surface area (Å²) in [6, 6.07) is 0. The van der Waals surface area contributed by atoms with Crippen molar-refractivity contribution in [1.29, 1.82) is 0 Å². The molecule has 0 rings (SSSR count). The van der Waals surface area contributed by atoms with Gasteiger partial charge >= 0.3 is 0 Å². The Morgan fingerprint density at radius 1 is 0.161 bits per heavy atom. The lowest BCUT2D eigenvalue weighted by molar-refractivity contribution is 0.548. The van der Waals surface area contributed by atoms with Gasteiger partial charge in [0.1, 0.15) is 0 Å². The third kappa shape index (κ3) is 48.6. The quantitative estimate of drug-likeness (QED) is 0.147. The van der Waals surface area contributed by atoms with E-state index in [4.69, 9.17) is 0 Å². The van der Waals surface area contributed by atoms with Crippen molar-refractivity contribution in [2.24, 2.45) is 0 Å².